The van der Waals surface area contributed by atoms with E-state index in [0.717, 1.165) is 36.5 Å². The molecule has 0 bridgehead atoms. The number of carbonyl (C=O) groups excluding carboxylic acids is 2. The van der Waals surface area contributed by atoms with Crippen molar-refractivity contribution in [1.29, 1.82) is 0 Å². The van der Waals surface area contributed by atoms with Gasteiger partial charge < -0.3 is 19.9 Å². The molecule has 7 nitrogen and oxygen atoms in total. The molecule has 2 aromatic rings. The van der Waals surface area contributed by atoms with Gasteiger partial charge in [-0.25, -0.2) is 4.98 Å². The lowest BCUT2D eigenvalue weighted by atomic mass is 10.1. The van der Waals surface area contributed by atoms with Gasteiger partial charge in [0.1, 0.15) is 11.6 Å². The molecule has 0 saturated carbocycles. The van der Waals surface area contributed by atoms with E-state index in [2.05, 4.69) is 15.2 Å². The van der Waals surface area contributed by atoms with Gasteiger partial charge in [-0.15, -0.1) is 0 Å². The summed E-state index contributed by atoms with van der Waals surface area (Å²) in [7, 11) is 1.61. The molecule has 1 aliphatic rings. The predicted octanol–water partition coefficient (Wildman–Crippen LogP) is 1.55. The number of rotatable bonds is 6. The number of amides is 2. The molecule has 3 rings (SSSR count). The monoisotopic (exact) mass is 354 g/mol. The van der Waals surface area contributed by atoms with Crippen molar-refractivity contribution in [1.82, 2.24) is 9.88 Å². The Morgan fingerprint density at radius 2 is 1.88 bits per heavy atom. The molecule has 1 aromatic carbocycles. The number of nitrogens with one attached hydrogen (secondary N) is 1. The van der Waals surface area contributed by atoms with E-state index in [-0.39, 0.29) is 12.3 Å². The van der Waals surface area contributed by atoms with Crippen molar-refractivity contribution in [3.05, 3.63) is 48.2 Å². The second-order valence-corrected chi connectivity index (χ2v) is 6.10. The molecule has 0 radical (unpaired) electrons. The van der Waals surface area contributed by atoms with Crippen molar-refractivity contribution < 1.29 is 14.3 Å². The maximum atomic E-state index is 12.2. The number of nitrogens with zero attached hydrogens (tertiary/aromatic N) is 3. The van der Waals surface area contributed by atoms with Gasteiger partial charge in [-0.1, -0.05) is 12.1 Å². The largest absolute Gasteiger partial charge is 0.497 e. The fourth-order valence-electron chi connectivity index (χ4n) is 2.85. The summed E-state index contributed by atoms with van der Waals surface area (Å²) in [5.74, 6) is 1.18. The lowest BCUT2D eigenvalue weighted by molar-refractivity contribution is -0.118. The zero-order valence-electron chi connectivity index (χ0n) is 14.7. The van der Waals surface area contributed by atoms with Crippen LogP contribution in [-0.2, 0) is 16.0 Å². The number of anilines is 2. The Labute approximate surface area is 152 Å². The first kappa shape index (κ1) is 17.7. The van der Waals surface area contributed by atoms with Crippen LogP contribution >= 0.6 is 0 Å². The van der Waals surface area contributed by atoms with Crippen molar-refractivity contribution in [3.8, 4) is 5.75 Å². The van der Waals surface area contributed by atoms with E-state index in [1.165, 1.54) is 0 Å². The lowest BCUT2D eigenvalue weighted by Gasteiger charge is -2.33. The molecule has 1 N–H and O–H groups in total. The molecule has 2 amide bonds. The standard InChI is InChI=1S/C19H22N4O3/c1-26-17-5-2-15(3-6-17)12-19(25)21-18-7-4-16(13-20-18)23-10-8-22(14-24)9-11-23/h2-7,13-14H,8-12H2,1H3,(H,20,21,25). The zero-order valence-corrected chi connectivity index (χ0v) is 14.7. The average Bonchev–Trinajstić information content (AvgIpc) is 2.69. The molecule has 0 atom stereocenters. The van der Waals surface area contributed by atoms with E-state index in [4.69, 9.17) is 4.74 Å². The number of aromatic nitrogens is 1. The Morgan fingerprint density at radius 3 is 2.46 bits per heavy atom. The molecule has 2 heterocycles. The first-order valence-corrected chi connectivity index (χ1v) is 8.51. The SMILES string of the molecule is COc1ccc(CC(=O)Nc2ccc(N3CCN(C=O)CC3)cn2)cc1. The fourth-order valence-corrected chi connectivity index (χ4v) is 2.85. The first-order valence-electron chi connectivity index (χ1n) is 8.51. The van der Waals surface area contributed by atoms with E-state index < -0.39 is 0 Å². The van der Waals surface area contributed by atoms with Crippen LogP contribution in [-0.4, -0.2) is 55.5 Å². The second kappa shape index (κ2) is 8.33. The van der Waals surface area contributed by atoms with Gasteiger partial charge in [0, 0.05) is 26.2 Å². The van der Waals surface area contributed by atoms with Gasteiger partial charge in [0.25, 0.3) is 0 Å². The van der Waals surface area contributed by atoms with Crippen molar-refractivity contribution >= 4 is 23.8 Å². The third-order valence-corrected chi connectivity index (χ3v) is 4.37. The molecule has 1 aliphatic heterocycles. The molecule has 0 unspecified atom stereocenters. The van der Waals surface area contributed by atoms with Gasteiger partial charge in [-0.3, -0.25) is 9.59 Å². The van der Waals surface area contributed by atoms with Crippen LogP contribution in [0.5, 0.6) is 5.75 Å². The normalized spacial score (nSPS) is 14.0. The summed E-state index contributed by atoms with van der Waals surface area (Å²) >= 11 is 0. The minimum atomic E-state index is -0.116. The molecule has 0 aliphatic carbocycles. The molecular weight excluding hydrogens is 332 g/mol. The summed E-state index contributed by atoms with van der Waals surface area (Å²) in [6.07, 6.45) is 2.91. The zero-order chi connectivity index (χ0) is 18.4. The fraction of sp³-hybridized carbons (Fsp3) is 0.316. The summed E-state index contributed by atoms with van der Waals surface area (Å²) in [5, 5.41) is 2.81. The minimum Gasteiger partial charge on any atom is -0.497 e. The Bertz CT molecular complexity index is 738. The molecule has 1 saturated heterocycles. The van der Waals surface area contributed by atoms with Crippen LogP contribution in [0.2, 0.25) is 0 Å². The van der Waals surface area contributed by atoms with Gasteiger partial charge in [0.15, 0.2) is 0 Å². The number of pyridine rings is 1. The van der Waals surface area contributed by atoms with Crippen LogP contribution in [0.3, 0.4) is 0 Å². The number of benzene rings is 1. The summed E-state index contributed by atoms with van der Waals surface area (Å²) in [4.78, 5) is 31.2. The van der Waals surface area contributed by atoms with Gasteiger partial charge in [0.05, 0.1) is 25.4 Å². The highest BCUT2D eigenvalue weighted by Crippen LogP contribution is 2.17. The van der Waals surface area contributed by atoms with E-state index in [1.54, 1.807) is 24.3 Å². The molecule has 0 spiro atoms. The second-order valence-electron chi connectivity index (χ2n) is 6.10. The molecule has 136 valence electrons. The highest BCUT2D eigenvalue weighted by Gasteiger charge is 2.16. The smallest absolute Gasteiger partial charge is 0.229 e. The van der Waals surface area contributed by atoms with Gasteiger partial charge in [-0.2, -0.15) is 0 Å². The average molecular weight is 354 g/mol. The molecule has 1 aromatic heterocycles. The molecule has 26 heavy (non-hydrogen) atoms. The van der Waals surface area contributed by atoms with E-state index in [9.17, 15) is 9.59 Å². The van der Waals surface area contributed by atoms with Crippen LogP contribution in [0.25, 0.3) is 0 Å². The van der Waals surface area contributed by atoms with Gasteiger partial charge >= 0.3 is 0 Å². The summed E-state index contributed by atoms with van der Waals surface area (Å²) in [6.45, 7) is 2.99. The molecule has 7 heteroatoms. The third kappa shape index (κ3) is 4.50. The lowest BCUT2D eigenvalue weighted by Crippen LogP contribution is -2.45. The van der Waals surface area contributed by atoms with Gasteiger partial charge in [-0.05, 0) is 29.8 Å². The summed E-state index contributed by atoms with van der Waals surface area (Å²) in [5.41, 5.74) is 1.90. The van der Waals surface area contributed by atoms with Crippen molar-refractivity contribution in [2.24, 2.45) is 0 Å². The molecule has 1 fully saturated rings. The molecular formula is C19H22N4O3. The summed E-state index contributed by atoms with van der Waals surface area (Å²) in [6, 6.07) is 11.1. The van der Waals surface area contributed by atoms with Gasteiger partial charge in [0.2, 0.25) is 12.3 Å². The van der Waals surface area contributed by atoms with Crippen LogP contribution < -0.4 is 15.0 Å². The highest BCUT2D eigenvalue weighted by atomic mass is 16.5. The highest BCUT2D eigenvalue weighted by molar-refractivity contribution is 5.91. The Kier molecular flexibility index (Phi) is 5.68. The van der Waals surface area contributed by atoms with Crippen LogP contribution in [0.1, 0.15) is 5.56 Å². The van der Waals surface area contributed by atoms with Crippen molar-refractivity contribution in [2.75, 3.05) is 43.5 Å². The third-order valence-electron chi connectivity index (χ3n) is 4.37. The van der Waals surface area contributed by atoms with E-state index >= 15 is 0 Å². The Morgan fingerprint density at radius 1 is 1.15 bits per heavy atom. The number of hydrogen-bond acceptors (Lipinski definition) is 5. The van der Waals surface area contributed by atoms with Crippen molar-refractivity contribution in [3.63, 3.8) is 0 Å². The topological polar surface area (TPSA) is 74.8 Å². The maximum absolute atomic E-state index is 12.2. The van der Waals surface area contributed by atoms with E-state index in [1.807, 2.05) is 30.3 Å². The van der Waals surface area contributed by atoms with Crippen molar-refractivity contribution in [2.45, 2.75) is 6.42 Å². The van der Waals surface area contributed by atoms with Crippen LogP contribution in [0, 0.1) is 0 Å². The number of piperazine rings is 1. The number of methoxy groups -OCH3 is 1. The Balaban J connectivity index is 1.53. The number of carbonyl (C=O) groups is 2. The van der Waals surface area contributed by atoms with Crippen LogP contribution in [0.15, 0.2) is 42.6 Å². The van der Waals surface area contributed by atoms with Crippen LogP contribution in [0.4, 0.5) is 11.5 Å². The Hall–Kier alpha value is -3.09. The number of hydrogen-bond donors (Lipinski definition) is 1. The first-order chi connectivity index (χ1) is 12.7. The quantitative estimate of drug-likeness (QED) is 0.797. The summed E-state index contributed by atoms with van der Waals surface area (Å²) < 4.78 is 5.11. The van der Waals surface area contributed by atoms with E-state index in [0.29, 0.717) is 18.9 Å². The number of ether oxygens (including phenoxy) is 1. The maximum Gasteiger partial charge on any atom is 0.229 e. The minimum absolute atomic E-state index is 0.116. The predicted molar refractivity (Wildman–Crippen MR) is 99.4 cm³/mol.